The Morgan fingerprint density at radius 3 is 2.56 bits per heavy atom. The van der Waals surface area contributed by atoms with Gasteiger partial charge < -0.3 is 15.6 Å². The van der Waals surface area contributed by atoms with Crippen LogP contribution in [0.4, 0.5) is 13.9 Å². The summed E-state index contributed by atoms with van der Waals surface area (Å²) in [6.07, 6.45) is 2.92. The van der Waals surface area contributed by atoms with E-state index in [1.165, 1.54) is 24.4 Å². The summed E-state index contributed by atoms with van der Waals surface area (Å²) in [5, 5.41) is 7.29. The fourth-order valence-electron chi connectivity index (χ4n) is 3.88. The van der Waals surface area contributed by atoms with Crippen LogP contribution in [-0.4, -0.2) is 32.4 Å². The fraction of sp³-hybridized carbons (Fsp3) is 0.208. The number of thiazole rings is 1. The number of H-pyrrole nitrogens is 1. The van der Waals surface area contributed by atoms with Crippen LogP contribution in [0.15, 0.2) is 57.6 Å². The van der Waals surface area contributed by atoms with Crippen molar-refractivity contribution in [3.05, 3.63) is 91.6 Å². The van der Waals surface area contributed by atoms with E-state index in [2.05, 4.69) is 20.6 Å². The lowest BCUT2D eigenvalue weighted by molar-refractivity contribution is -0.119. The van der Waals surface area contributed by atoms with Gasteiger partial charge in [0.15, 0.2) is 5.13 Å². The highest BCUT2D eigenvalue weighted by Gasteiger charge is 2.27. The van der Waals surface area contributed by atoms with Gasteiger partial charge in [0.2, 0.25) is 5.91 Å². The molecule has 9 nitrogen and oxygen atoms in total. The molecule has 0 spiro atoms. The summed E-state index contributed by atoms with van der Waals surface area (Å²) in [6, 6.07) is 5.65. The molecule has 12 heteroatoms. The number of aromatic nitrogens is 3. The predicted molar refractivity (Wildman–Crippen MR) is 129 cm³/mol. The molecule has 1 saturated carbocycles. The Bertz CT molecular complexity index is 1570. The maximum absolute atomic E-state index is 13.8. The number of rotatable bonds is 7. The van der Waals surface area contributed by atoms with Gasteiger partial charge in [0.1, 0.15) is 17.7 Å². The normalized spacial score (nSPS) is 13.9. The van der Waals surface area contributed by atoms with Gasteiger partial charge in [-0.15, -0.1) is 11.3 Å². The van der Waals surface area contributed by atoms with E-state index >= 15 is 0 Å². The molecule has 0 aliphatic heterocycles. The second-order valence-corrected chi connectivity index (χ2v) is 9.33. The first-order valence-electron chi connectivity index (χ1n) is 11.0. The van der Waals surface area contributed by atoms with Gasteiger partial charge in [-0.2, -0.15) is 0 Å². The first-order chi connectivity index (χ1) is 17.3. The van der Waals surface area contributed by atoms with Gasteiger partial charge in [-0.25, -0.2) is 23.1 Å². The zero-order valence-corrected chi connectivity index (χ0v) is 19.4. The number of fused-ring (bicyclic) bond motifs is 1. The summed E-state index contributed by atoms with van der Waals surface area (Å²) in [4.78, 5) is 58.5. The lowest BCUT2D eigenvalue weighted by Gasteiger charge is -2.19. The third kappa shape index (κ3) is 4.93. The van der Waals surface area contributed by atoms with E-state index in [1.54, 1.807) is 5.38 Å². The maximum Gasteiger partial charge on any atom is 0.329 e. The zero-order chi connectivity index (χ0) is 25.4. The molecule has 2 aromatic heterocycles. The second kappa shape index (κ2) is 9.46. The smallest absolute Gasteiger partial charge is 0.329 e. The lowest BCUT2D eigenvalue weighted by atomic mass is 10.0. The monoisotopic (exact) mass is 511 g/mol. The molecule has 1 fully saturated rings. The maximum atomic E-state index is 13.8. The van der Waals surface area contributed by atoms with Crippen LogP contribution < -0.4 is 21.9 Å². The Morgan fingerprint density at radius 1 is 1.14 bits per heavy atom. The number of carbonyl (C=O) groups is 2. The molecule has 0 radical (unpaired) electrons. The summed E-state index contributed by atoms with van der Waals surface area (Å²) in [5.41, 5.74) is -1.23. The van der Waals surface area contributed by atoms with Crippen molar-refractivity contribution < 1.29 is 18.4 Å². The second-order valence-electron chi connectivity index (χ2n) is 8.44. The van der Waals surface area contributed by atoms with Crippen LogP contribution in [0.25, 0.3) is 10.9 Å². The van der Waals surface area contributed by atoms with Gasteiger partial charge in [-0.1, -0.05) is 0 Å². The first kappa shape index (κ1) is 23.5. The van der Waals surface area contributed by atoms with Crippen LogP contribution in [0.3, 0.4) is 0 Å². The van der Waals surface area contributed by atoms with Gasteiger partial charge in [-0.3, -0.25) is 14.4 Å². The summed E-state index contributed by atoms with van der Waals surface area (Å²) in [5.74, 6) is -2.80. The van der Waals surface area contributed by atoms with Crippen molar-refractivity contribution in [3.63, 3.8) is 0 Å². The Morgan fingerprint density at radius 2 is 1.89 bits per heavy atom. The Balaban J connectivity index is 1.57. The molecule has 36 heavy (non-hydrogen) atoms. The molecule has 0 saturated heterocycles. The lowest BCUT2D eigenvalue weighted by Crippen LogP contribution is -2.43. The number of nitrogens with zero attached hydrogens (tertiary/aromatic N) is 2. The average molecular weight is 512 g/mol. The van der Waals surface area contributed by atoms with E-state index in [9.17, 15) is 28.0 Å². The van der Waals surface area contributed by atoms with Crippen LogP contribution in [0.5, 0.6) is 0 Å². The summed E-state index contributed by atoms with van der Waals surface area (Å²) in [7, 11) is 0. The molecule has 1 aliphatic rings. The molecule has 1 unspecified atom stereocenters. The molecule has 4 aromatic rings. The molecule has 5 rings (SSSR count). The zero-order valence-electron chi connectivity index (χ0n) is 18.6. The Labute approximate surface area is 205 Å². The molecule has 1 aliphatic carbocycles. The minimum absolute atomic E-state index is 0.0649. The molecule has 1 atom stereocenters. The van der Waals surface area contributed by atoms with E-state index in [0.29, 0.717) is 10.6 Å². The van der Waals surface area contributed by atoms with Crippen LogP contribution in [-0.2, 0) is 11.2 Å². The number of hydrogen-bond donors (Lipinski definition) is 3. The van der Waals surface area contributed by atoms with E-state index in [-0.39, 0.29) is 45.5 Å². The number of halogens is 2. The molecular formula is C24H19F2N5O4S. The number of hydrogen-bond acceptors (Lipinski definition) is 6. The average Bonchev–Trinajstić information content (AvgIpc) is 3.49. The van der Waals surface area contributed by atoms with E-state index in [4.69, 9.17) is 0 Å². The highest BCUT2D eigenvalue weighted by Crippen LogP contribution is 2.21. The SMILES string of the molecule is O=C(NC1CC1)c1ccc2c(=O)n(C(Cc3cc(F)cc(F)c3)C(=O)Nc3nccs3)c(=O)[nH]c2c1. The molecular weight excluding hydrogens is 492 g/mol. The number of anilines is 1. The van der Waals surface area contributed by atoms with E-state index < -0.39 is 34.8 Å². The third-order valence-corrected chi connectivity index (χ3v) is 6.42. The van der Waals surface area contributed by atoms with Crippen molar-refractivity contribution in [2.24, 2.45) is 0 Å². The van der Waals surface area contributed by atoms with Crippen molar-refractivity contribution in [3.8, 4) is 0 Å². The first-order valence-corrected chi connectivity index (χ1v) is 11.9. The third-order valence-electron chi connectivity index (χ3n) is 5.73. The highest BCUT2D eigenvalue weighted by molar-refractivity contribution is 7.13. The van der Waals surface area contributed by atoms with Gasteiger partial charge >= 0.3 is 5.69 Å². The number of carbonyl (C=O) groups excluding carboxylic acids is 2. The quantitative estimate of drug-likeness (QED) is 0.352. The van der Waals surface area contributed by atoms with Crippen LogP contribution >= 0.6 is 11.3 Å². The largest absolute Gasteiger partial charge is 0.349 e. The van der Waals surface area contributed by atoms with Gasteiger partial charge in [-0.05, 0) is 48.7 Å². The van der Waals surface area contributed by atoms with Gasteiger partial charge in [0.25, 0.3) is 11.5 Å². The molecule has 3 N–H and O–H groups in total. The minimum atomic E-state index is -1.45. The summed E-state index contributed by atoms with van der Waals surface area (Å²) < 4.78 is 28.4. The predicted octanol–water partition coefficient (Wildman–Crippen LogP) is 2.74. The minimum Gasteiger partial charge on any atom is -0.349 e. The Kier molecular flexibility index (Phi) is 6.18. The van der Waals surface area contributed by atoms with Crippen LogP contribution in [0.1, 0.15) is 34.8 Å². The molecule has 2 amide bonds. The fourth-order valence-corrected chi connectivity index (χ4v) is 4.41. The van der Waals surface area contributed by atoms with Gasteiger partial charge in [0, 0.05) is 35.7 Å². The van der Waals surface area contributed by atoms with E-state index in [1.807, 2.05) is 0 Å². The van der Waals surface area contributed by atoms with Crippen molar-refractivity contribution >= 4 is 39.2 Å². The van der Waals surface area contributed by atoms with Crippen LogP contribution in [0, 0.1) is 11.6 Å². The molecule has 2 aromatic carbocycles. The van der Waals surface area contributed by atoms with E-state index in [0.717, 1.165) is 36.3 Å². The summed E-state index contributed by atoms with van der Waals surface area (Å²) >= 11 is 1.12. The number of nitrogens with one attached hydrogen (secondary N) is 3. The van der Waals surface area contributed by atoms with Crippen molar-refractivity contribution in [1.29, 1.82) is 0 Å². The molecule has 2 heterocycles. The van der Waals surface area contributed by atoms with Gasteiger partial charge in [0.05, 0.1) is 10.9 Å². The number of amides is 2. The highest BCUT2D eigenvalue weighted by atomic mass is 32.1. The van der Waals surface area contributed by atoms with Crippen molar-refractivity contribution in [2.45, 2.75) is 31.3 Å². The Hall–Kier alpha value is -4.19. The number of aromatic amines is 1. The number of benzene rings is 2. The summed E-state index contributed by atoms with van der Waals surface area (Å²) in [6.45, 7) is 0. The van der Waals surface area contributed by atoms with Crippen molar-refractivity contribution in [1.82, 2.24) is 19.9 Å². The van der Waals surface area contributed by atoms with Crippen LogP contribution in [0.2, 0.25) is 0 Å². The molecule has 184 valence electrons. The molecule has 0 bridgehead atoms. The standard InChI is InChI=1S/C24H19F2N5O4S/c25-14-7-12(8-15(26)11-14)9-19(21(33)30-23-27-5-6-36-23)31-22(34)17-4-1-13(10-18(17)29-24(31)35)20(32)28-16-2-3-16/h1,4-8,10-11,16,19H,2-3,9H2,(H,28,32)(H,29,35)(H,27,30,33). The van der Waals surface area contributed by atoms with Crippen molar-refractivity contribution in [2.75, 3.05) is 5.32 Å². The topological polar surface area (TPSA) is 126 Å².